The van der Waals surface area contributed by atoms with E-state index in [0.717, 1.165) is 17.9 Å². The van der Waals surface area contributed by atoms with Crippen LogP contribution in [0, 0.1) is 12.3 Å². The Morgan fingerprint density at radius 1 is 1.50 bits per heavy atom. The van der Waals surface area contributed by atoms with E-state index in [9.17, 15) is 0 Å². The van der Waals surface area contributed by atoms with Gasteiger partial charge in [0.2, 0.25) is 0 Å². The molecule has 14 heavy (non-hydrogen) atoms. The summed E-state index contributed by atoms with van der Waals surface area (Å²) in [5.41, 5.74) is 1.27. The summed E-state index contributed by atoms with van der Waals surface area (Å²) in [6, 6.07) is 3.98. The normalized spacial score (nSPS) is 11.4. The second-order valence-corrected chi connectivity index (χ2v) is 4.59. The van der Waals surface area contributed by atoms with Gasteiger partial charge in [-0.3, -0.25) is 0 Å². The van der Waals surface area contributed by atoms with Crippen LogP contribution in [-0.2, 0) is 0 Å². The lowest BCUT2D eigenvalue weighted by Gasteiger charge is -2.22. The van der Waals surface area contributed by atoms with E-state index in [2.05, 4.69) is 24.1 Å². The fourth-order valence-corrected chi connectivity index (χ4v) is 1.14. The highest BCUT2D eigenvalue weighted by atomic mass is 35.5. The SMILES string of the molecule is Cc1cccnc1NCC(C)(C)CCl. The Bertz CT molecular complexity index is 297. The maximum absolute atomic E-state index is 5.84. The van der Waals surface area contributed by atoms with E-state index >= 15 is 0 Å². The zero-order chi connectivity index (χ0) is 10.6. The number of halogens is 1. The molecule has 78 valence electrons. The Morgan fingerprint density at radius 2 is 2.21 bits per heavy atom. The molecule has 0 saturated carbocycles. The Kier molecular flexibility index (Phi) is 3.76. The van der Waals surface area contributed by atoms with Gasteiger partial charge in [-0.25, -0.2) is 4.98 Å². The molecule has 0 aliphatic rings. The molecule has 0 aromatic carbocycles. The summed E-state index contributed by atoms with van der Waals surface area (Å²) >= 11 is 5.84. The van der Waals surface area contributed by atoms with Crippen molar-refractivity contribution in [3.05, 3.63) is 23.9 Å². The molecule has 0 atom stereocenters. The molecule has 1 aromatic rings. The molecule has 0 aliphatic carbocycles. The maximum Gasteiger partial charge on any atom is 0.128 e. The molecular weight excluding hydrogens is 196 g/mol. The molecule has 2 nitrogen and oxygen atoms in total. The lowest BCUT2D eigenvalue weighted by Crippen LogP contribution is -2.25. The third-order valence-corrected chi connectivity index (χ3v) is 2.83. The quantitative estimate of drug-likeness (QED) is 0.776. The molecular formula is C11H17ClN2. The number of anilines is 1. The van der Waals surface area contributed by atoms with Crippen LogP contribution in [0.4, 0.5) is 5.82 Å². The summed E-state index contributed by atoms with van der Waals surface area (Å²) in [6.45, 7) is 7.15. The van der Waals surface area contributed by atoms with Crippen molar-refractivity contribution in [2.75, 3.05) is 17.7 Å². The first kappa shape index (κ1) is 11.3. The molecule has 3 heteroatoms. The van der Waals surface area contributed by atoms with E-state index in [1.165, 1.54) is 0 Å². The average Bonchev–Trinajstić information content (AvgIpc) is 2.17. The van der Waals surface area contributed by atoms with Crippen LogP contribution >= 0.6 is 11.6 Å². The molecule has 0 aliphatic heterocycles. The largest absolute Gasteiger partial charge is 0.369 e. The Labute approximate surface area is 90.7 Å². The van der Waals surface area contributed by atoms with Crippen LogP contribution in [-0.4, -0.2) is 17.4 Å². The van der Waals surface area contributed by atoms with Crippen molar-refractivity contribution in [2.45, 2.75) is 20.8 Å². The summed E-state index contributed by atoms with van der Waals surface area (Å²) in [4.78, 5) is 4.26. The van der Waals surface area contributed by atoms with Gasteiger partial charge in [-0.05, 0) is 24.0 Å². The first-order valence-electron chi connectivity index (χ1n) is 4.77. The van der Waals surface area contributed by atoms with E-state index in [0.29, 0.717) is 5.88 Å². The highest BCUT2D eigenvalue weighted by Gasteiger charge is 2.16. The van der Waals surface area contributed by atoms with E-state index in [1.54, 1.807) is 6.20 Å². The maximum atomic E-state index is 5.84. The fourth-order valence-electron chi connectivity index (χ4n) is 1.04. The van der Waals surface area contributed by atoms with Crippen molar-refractivity contribution >= 4 is 17.4 Å². The van der Waals surface area contributed by atoms with Crippen molar-refractivity contribution in [3.8, 4) is 0 Å². The molecule has 1 heterocycles. The molecule has 0 amide bonds. The number of nitrogens with zero attached hydrogens (tertiary/aromatic N) is 1. The molecule has 1 rings (SSSR count). The Morgan fingerprint density at radius 3 is 2.79 bits per heavy atom. The predicted octanol–water partition coefficient (Wildman–Crippen LogP) is 3.07. The van der Waals surface area contributed by atoms with Gasteiger partial charge in [-0.2, -0.15) is 0 Å². The summed E-state index contributed by atoms with van der Waals surface area (Å²) < 4.78 is 0. The van der Waals surface area contributed by atoms with Crippen molar-refractivity contribution in [3.63, 3.8) is 0 Å². The zero-order valence-corrected chi connectivity index (χ0v) is 9.73. The first-order chi connectivity index (χ1) is 6.55. The smallest absolute Gasteiger partial charge is 0.128 e. The van der Waals surface area contributed by atoms with Crippen molar-refractivity contribution < 1.29 is 0 Å². The number of alkyl halides is 1. The molecule has 0 spiro atoms. The number of aromatic nitrogens is 1. The summed E-state index contributed by atoms with van der Waals surface area (Å²) in [6.07, 6.45) is 1.79. The van der Waals surface area contributed by atoms with Gasteiger partial charge in [0.05, 0.1) is 0 Å². The van der Waals surface area contributed by atoms with Gasteiger partial charge in [0, 0.05) is 18.6 Å². The standard InChI is InChI=1S/C11H17ClN2/c1-9-5-4-6-13-10(9)14-8-11(2,3)7-12/h4-6H,7-8H2,1-3H3,(H,13,14). The zero-order valence-electron chi connectivity index (χ0n) is 8.97. The number of rotatable bonds is 4. The van der Waals surface area contributed by atoms with Crippen molar-refractivity contribution in [2.24, 2.45) is 5.41 Å². The van der Waals surface area contributed by atoms with Gasteiger partial charge in [-0.15, -0.1) is 11.6 Å². The van der Waals surface area contributed by atoms with Crippen LogP contribution in [0.2, 0.25) is 0 Å². The average molecular weight is 213 g/mol. The number of hydrogen-bond acceptors (Lipinski definition) is 2. The number of nitrogens with one attached hydrogen (secondary N) is 1. The fraction of sp³-hybridized carbons (Fsp3) is 0.545. The monoisotopic (exact) mass is 212 g/mol. The van der Waals surface area contributed by atoms with E-state index < -0.39 is 0 Å². The molecule has 0 fully saturated rings. The lowest BCUT2D eigenvalue weighted by molar-refractivity contribution is 0.449. The second kappa shape index (κ2) is 4.65. The van der Waals surface area contributed by atoms with Crippen LogP contribution in [0.25, 0.3) is 0 Å². The third-order valence-electron chi connectivity index (χ3n) is 2.11. The van der Waals surface area contributed by atoms with E-state index in [1.807, 2.05) is 19.1 Å². The minimum absolute atomic E-state index is 0.103. The van der Waals surface area contributed by atoms with E-state index in [-0.39, 0.29) is 5.41 Å². The van der Waals surface area contributed by atoms with Gasteiger partial charge >= 0.3 is 0 Å². The summed E-state index contributed by atoms with van der Waals surface area (Å²) in [7, 11) is 0. The Balaban J connectivity index is 2.58. The van der Waals surface area contributed by atoms with Crippen LogP contribution in [0.5, 0.6) is 0 Å². The van der Waals surface area contributed by atoms with Gasteiger partial charge in [-0.1, -0.05) is 19.9 Å². The van der Waals surface area contributed by atoms with Gasteiger partial charge in [0.1, 0.15) is 5.82 Å². The third kappa shape index (κ3) is 3.18. The van der Waals surface area contributed by atoms with Gasteiger partial charge in [0.25, 0.3) is 0 Å². The van der Waals surface area contributed by atoms with Gasteiger partial charge in [0.15, 0.2) is 0 Å². The number of hydrogen-bond donors (Lipinski definition) is 1. The van der Waals surface area contributed by atoms with Crippen LogP contribution < -0.4 is 5.32 Å². The molecule has 0 radical (unpaired) electrons. The van der Waals surface area contributed by atoms with Crippen LogP contribution in [0.15, 0.2) is 18.3 Å². The summed E-state index contributed by atoms with van der Waals surface area (Å²) in [5.74, 6) is 1.59. The Hall–Kier alpha value is -0.760. The first-order valence-corrected chi connectivity index (χ1v) is 5.30. The number of aryl methyl sites for hydroxylation is 1. The highest BCUT2D eigenvalue weighted by Crippen LogP contribution is 2.18. The van der Waals surface area contributed by atoms with Crippen LogP contribution in [0.1, 0.15) is 19.4 Å². The minimum Gasteiger partial charge on any atom is -0.369 e. The number of pyridine rings is 1. The highest BCUT2D eigenvalue weighted by molar-refractivity contribution is 6.18. The molecule has 0 bridgehead atoms. The van der Waals surface area contributed by atoms with E-state index in [4.69, 9.17) is 11.6 Å². The molecule has 0 saturated heterocycles. The minimum atomic E-state index is 0.103. The molecule has 1 N–H and O–H groups in total. The molecule has 1 aromatic heterocycles. The topological polar surface area (TPSA) is 24.9 Å². The molecule has 0 unspecified atom stereocenters. The predicted molar refractivity (Wildman–Crippen MR) is 62.0 cm³/mol. The second-order valence-electron chi connectivity index (χ2n) is 4.32. The van der Waals surface area contributed by atoms with Crippen molar-refractivity contribution in [1.82, 2.24) is 4.98 Å². The summed E-state index contributed by atoms with van der Waals surface area (Å²) in [5, 5.41) is 3.31. The lowest BCUT2D eigenvalue weighted by atomic mass is 9.96. The van der Waals surface area contributed by atoms with Gasteiger partial charge < -0.3 is 5.32 Å². The van der Waals surface area contributed by atoms with Crippen molar-refractivity contribution in [1.29, 1.82) is 0 Å². The van der Waals surface area contributed by atoms with Crippen LogP contribution in [0.3, 0.4) is 0 Å².